The Hall–Kier alpha value is -2.16. The van der Waals surface area contributed by atoms with Crippen molar-refractivity contribution >= 4 is 29.2 Å². The van der Waals surface area contributed by atoms with Crippen molar-refractivity contribution in [3.8, 4) is 11.3 Å². The normalized spacial score (nSPS) is 24.7. The summed E-state index contributed by atoms with van der Waals surface area (Å²) in [4.78, 5) is 15.6. The molecule has 1 saturated carbocycles. The van der Waals surface area contributed by atoms with Crippen LogP contribution in [0.25, 0.3) is 11.3 Å². The molecule has 29 heavy (non-hydrogen) atoms. The number of rotatable bonds is 5. The van der Waals surface area contributed by atoms with Crippen LogP contribution in [-0.4, -0.2) is 59.0 Å². The Morgan fingerprint density at radius 3 is 2.76 bits per heavy atom. The predicted octanol–water partition coefficient (Wildman–Crippen LogP) is 2.43. The van der Waals surface area contributed by atoms with Crippen molar-refractivity contribution in [2.24, 2.45) is 11.8 Å². The van der Waals surface area contributed by atoms with E-state index in [1.54, 1.807) is 0 Å². The van der Waals surface area contributed by atoms with Gasteiger partial charge in [0.15, 0.2) is 0 Å². The number of hydrogen-bond acceptors (Lipinski definition) is 8. The number of nitrogens with two attached hydrogens (primary N) is 1. The van der Waals surface area contributed by atoms with Gasteiger partial charge in [-0.05, 0) is 36.8 Å². The summed E-state index contributed by atoms with van der Waals surface area (Å²) in [6, 6.07) is 6.04. The number of nitrogen functional groups attached to an aromatic ring is 1. The van der Waals surface area contributed by atoms with Crippen LogP contribution < -0.4 is 16.0 Å². The number of morpholine rings is 1. The van der Waals surface area contributed by atoms with E-state index in [0.717, 1.165) is 31.7 Å². The predicted molar refractivity (Wildman–Crippen MR) is 114 cm³/mol. The lowest BCUT2D eigenvalue weighted by Crippen LogP contribution is -2.36. The molecule has 156 valence electrons. The quantitative estimate of drug-likeness (QED) is 0.635. The number of pyridine rings is 1. The summed E-state index contributed by atoms with van der Waals surface area (Å²) in [5.74, 6) is 2.31. The van der Waals surface area contributed by atoms with Crippen LogP contribution in [0, 0.1) is 11.8 Å². The van der Waals surface area contributed by atoms with E-state index in [1.165, 1.54) is 0 Å². The minimum Gasteiger partial charge on any atom is -0.396 e. The monoisotopic (exact) mass is 418 g/mol. The fraction of sp³-hybridized carbons (Fsp3) is 0.550. The highest BCUT2D eigenvalue weighted by Crippen LogP contribution is 2.37. The second kappa shape index (κ2) is 8.69. The summed E-state index contributed by atoms with van der Waals surface area (Å²) in [6.07, 6.45) is 1.83. The highest BCUT2D eigenvalue weighted by atomic mass is 35.5. The fourth-order valence-electron chi connectivity index (χ4n) is 4.21. The summed E-state index contributed by atoms with van der Waals surface area (Å²) in [5, 5.41) is 13.3. The summed E-state index contributed by atoms with van der Waals surface area (Å²) in [5.41, 5.74) is 7.23. The lowest BCUT2D eigenvalue weighted by molar-refractivity contribution is 0.122. The lowest BCUT2D eigenvalue weighted by Gasteiger charge is -2.28. The number of nitrogens with one attached hydrogen (secondary N) is 1. The van der Waals surface area contributed by atoms with Crippen LogP contribution >= 0.6 is 11.6 Å². The van der Waals surface area contributed by atoms with Crippen LogP contribution in [0.4, 0.5) is 17.6 Å². The largest absolute Gasteiger partial charge is 0.396 e. The fourth-order valence-corrected chi connectivity index (χ4v) is 4.49. The Labute approximate surface area is 175 Å². The maximum absolute atomic E-state index is 9.58. The highest BCUT2D eigenvalue weighted by Gasteiger charge is 2.32. The van der Waals surface area contributed by atoms with E-state index in [4.69, 9.17) is 27.1 Å². The van der Waals surface area contributed by atoms with Gasteiger partial charge in [0.1, 0.15) is 16.8 Å². The second-order valence-electron chi connectivity index (χ2n) is 7.81. The molecule has 0 bridgehead atoms. The van der Waals surface area contributed by atoms with Gasteiger partial charge in [0.05, 0.1) is 24.5 Å². The van der Waals surface area contributed by atoms with E-state index < -0.39 is 0 Å². The average Bonchev–Trinajstić information content (AvgIpc) is 3.07. The second-order valence-corrected chi connectivity index (χ2v) is 8.17. The van der Waals surface area contributed by atoms with E-state index in [2.05, 4.69) is 27.1 Å². The zero-order chi connectivity index (χ0) is 20.4. The molecule has 2 fully saturated rings. The van der Waals surface area contributed by atoms with Gasteiger partial charge in [0.2, 0.25) is 5.95 Å². The zero-order valence-electron chi connectivity index (χ0n) is 16.5. The van der Waals surface area contributed by atoms with Gasteiger partial charge < -0.3 is 25.8 Å². The SMILES string of the molecule is C[C@H]1C[C@H](Nc2nc(N)nc(Cl)c2-c2cccc(N3CCOCC3)n2)C[C@@H]1CO. The van der Waals surface area contributed by atoms with Crippen molar-refractivity contribution < 1.29 is 9.84 Å². The molecule has 0 spiro atoms. The van der Waals surface area contributed by atoms with Crippen LogP contribution in [0.1, 0.15) is 19.8 Å². The number of ether oxygens (including phenoxy) is 1. The van der Waals surface area contributed by atoms with Gasteiger partial charge >= 0.3 is 0 Å². The first-order valence-corrected chi connectivity index (χ1v) is 10.4. The molecule has 2 aliphatic rings. The molecule has 1 aliphatic carbocycles. The molecule has 3 atom stereocenters. The van der Waals surface area contributed by atoms with E-state index in [9.17, 15) is 5.11 Å². The molecule has 0 unspecified atom stereocenters. The van der Waals surface area contributed by atoms with E-state index in [-0.39, 0.29) is 29.7 Å². The maximum atomic E-state index is 9.58. The van der Waals surface area contributed by atoms with Crippen molar-refractivity contribution in [2.45, 2.75) is 25.8 Å². The first kappa shape index (κ1) is 20.1. The van der Waals surface area contributed by atoms with Crippen LogP contribution in [0.3, 0.4) is 0 Å². The molecule has 2 aromatic rings. The smallest absolute Gasteiger partial charge is 0.223 e. The standard InChI is InChI=1S/C20H27ClN6O2/c1-12-9-14(10-13(12)11-28)23-19-17(18(21)25-20(22)26-19)15-3-2-4-16(24-15)27-5-7-29-8-6-27/h2-4,12-14,28H,5-11H2,1H3,(H3,22,23,25,26)/t12-,13+,14-/m0/s1. The Bertz CT molecular complexity index is 861. The molecule has 4 rings (SSSR count). The number of aliphatic hydroxyl groups is 1. The Morgan fingerprint density at radius 2 is 2.03 bits per heavy atom. The van der Waals surface area contributed by atoms with Gasteiger partial charge in [-0.3, -0.25) is 0 Å². The molecule has 2 aromatic heterocycles. The summed E-state index contributed by atoms with van der Waals surface area (Å²) in [6.45, 7) is 5.35. The lowest BCUT2D eigenvalue weighted by atomic mass is 10.00. The minimum atomic E-state index is 0.121. The molecule has 3 heterocycles. The molecule has 1 aliphatic heterocycles. The van der Waals surface area contributed by atoms with Gasteiger partial charge in [-0.1, -0.05) is 24.6 Å². The third-order valence-corrected chi connectivity index (χ3v) is 6.10. The molecule has 4 N–H and O–H groups in total. The van der Waals surface area contributed by atoms with Gasteiger partial charge in [0.25, 0.3) is 0 Å². The van der Waals surface area contributed by atoms with Crippen LogP contribution in [-0.2, 0) is 4.74 Å². The number of nitrogens with zero attached hydrogens (tertiary/aromatic N) is 4. The average molecular weight is 419 g/mol. The number of halogens is 1. The third kappa shape index (κ3) is 4.39. The molecule has 0 aromatic carbocycles. The van der Waals surface area contributed by atoms with Crippen molar-refractivity contribution in [1.29, 1.82) is 0 Å². The van der Waals surface area contributed by atoms with Crippen LogP contribution in [0.15, 0.2) is 18.2 Å². The number of aromatic nitrogens is 3. The van der Waals surface area contributed by atoms with E-state index >= 15 is 0 Å². The van der Waals surface area contributed by atoms with Crippen molar-refractivity contribution in [3.63, 3.8) is 0 Å². The van der Waals surface area contributed by atoms with Crippen molar-refractivity contribution in [3.05, 3.63) is 23.4 Å². The first-order chi connectivity index (χ1) is 14.0. The van der Waals surface area contributed by atoms with Gasteiger partial charge in [-0.15, -0.1) is 0 Å². The van der Waals surface area contributed by atoms with Crippen LogP contribution in [0.5, 0.6) is 0 Å². The van der Waals surface area contributed by atoms with Crippen molar-refractivity contribution in [1.82, 2.24) is 15.0 Å². The molecular weight excluding hydrogens is 392 g/mol. The first-order valence-electron chi connectivity index (χ1n) is 10.1. The Morgan fingerprint density at radius 1 is 1.24 bits per heavy atom. The summed E-state index contributed by atoms with van der Waals surface area (Å²) >= 11 is 6.49. The van der Waals surface area contributed by atoms with Crippen LogP contribution in [0.2, 0.25) is 5.15 Å². The Kier molecular flexibility index (Phi) is 6.03. The molecule has 0 amide bonds. The minimum absolute atomic E-state index is 0.121. The maximum Gasteiger partial charge on any atom is 0.223 e. The molecule has 8 nitrogen and oxygen atoms in total. The number of anilines is 3. The molecule has 1 saturated heterocycles. The summed E-state index contributed by atoms with van der Waals surface area (Å²) < 4.78 is 5.44. The van der Waals surface area contributed by atoms with E-state index in [0.29, 0.717) is 36.2 Å². The molecule has 0 radical (unpaired) electrons. The summed E-state index contributed by atoms with van der Waals surface area (Å²) in [7, 11) is 0. The Balaban J connectivity index is 1.65. The van der Waals surface area contributed by atoms with Gasteiger partial charge in [-0.25, -0.2) is 9.97 Å². The highest BCUT2D eigenvalue weighted by molar-refractivity contribution is 6.32. The number of aliphatic hydroxyl groups excluding tert-OH is 1. The zero-order valence-corrected chi connectivity index (χ0v) is 17.3. The third-order valence-electron chi connectivity index (χ3n) is 5.83. The molecular formula is C20H27ClN6O2. The van der Waals surface area contributed by atoms with E-state index in [1.807, 2.05) is 18.2 Å². The van der Waals surface area contributed by atoms with Crippen molar-refractivity contribution in [2.75, 3.05) is 48.9 Å². The molecule has 9 heteroatoms. The topological polar surface area (TPSA) is 109 Å². The number of hydrogen-bond donors (Lipinski definition) is 3. The van der Waals surface area contributed by atoms with Gasteiger partial charge in [-0.2, -0.15) is 4.98 Å². The van der Waals surface area contributed by atoms with Gasteiger partial charge in [0, 0.05) is 25.7 Å².